The van der Waals surface area contributed by atoms with Crippen molar-refractivity contribution in [2.75, 3.05) is 5.32 Å². The lowest BCUT2D eigenvalue weighted by Crippen LogP contribution is -2.30. The number of aliphatic carboxylic acids is 1. The Morgan fingerprint density at radius 1 is 1.29 bits per heavy atom. The molecule has 1 aromatic rings. The zero-order valence-electron chi connectivity index (χ0n) is 11.5. The van der Waals surface area contributed by atoms with Crippen LogP contribution < -0.4 is 5.32 Å². The Balaban J connectivity index is 3.14. The Bertz CT molecular complexity index is 570. The third kappa shape index (κ3) is 4.56. The minimum Gasteiger partial charge on any atom is -0.477 e. The minimum atomic E-state index is -4.20. The lowest BCUT2D eigenvalue weighted by Gasteiger charge is -2.21. The summed E-state index contributed by atoms with van der Waals surface area (Å²) in [7, 11) is 0. The van der Waals surface area contributed by atoms with E-state index in [1.54, 1.807) is 20.8 Å². The van der Waals surface area contributed by atoms with Crippen molar-refractivity contribution in [3.05, 3.63) is 28.8 Å². The predicted octanol–water partition coefficient (Wildman–Crippen LogP) is 3.86. The summed E-state index contributed by atoms with van der Waals surface area (Å²) in [6, 6.07) is 3.11. The summed E-state index contributed by atoms with van der Waals surface area (Å²) in [4.78, 5) is 22.3. The molecule has 21 heavy (non-hydrogen) atoms. The first kappa shape index (κ1) is 17.2. The Kier molecular flexibility index (Phi) is 4.78. The zero-order chi connectivity index (χ0) is 16.4. The minimum absolute atomic E-state index is 0.0827. The van der Waals surface area contributed by atoms with E-state index in [0.29, 0.717) is 0 Å². The van der Waals surface area contributed by atoms with Gasteiger partial charge in [0, 0.05) is 5.02 Å². The van der Waals surface area contributed by atoms with Crippen LogP contribution in [0.4, 0.5) is 19.3 Å². The highest BCUT2D eigenvalue weighted by atomic mass is 35.5. The van der Waals surface area contributed by atoms with Gasteiger partial charge in [0.05, 0.1) is 11.3 Å². The van der Waals surface area contributed by atoms with Crippen LogP contribution in [0.25, 0.3) is 0 Å². The fourth-order valence-electron chi connectivity index (χ4n) is 1.41. The number of benzene rings is 1. The van der Waals surface area contributed by atoms with Crippen LogP contribution in [0.1, 0.15) is 26.3 Å². The molecule has 116 valence electrons. The number of carboxylic acids is 1. The number of amides is 1. The second kappa shape index (κ2) is 5.85. The third-order valence-corrected chi connectivity index (χ3v) is 2.46. The van der Waals surface area contributed by atoms with Gasteiger partial charge in [-0.05, 0) is 39.0 Å². The molecule has 5 nitrogen and oxygen atoms in total. The highest BCUT2D eigenvalue weighted by Gasteiger charge is 2.43. The molecule has 1 rings (SSSR count). The number of nitrogens with one attached hydrogen (secondary N) is 1. The monoisotopic (exact) mass is 321 g/mol. The quantitative estimate of drug-likeness (QED) is 0.886. The number of carboxylic acid groups (broad SMARTS) is 1. The van der Waals surface area contributed by atoms with Crippen LogP contribution in [-0.4, -0.2) is 22.8 Å². The molecule has 0 spiro atoms. The second-order valence-corrected chi connectivity index (χ2v) is 5.63. The maximum atomic E-state index is 13.7. The molecule has 2 N–H and O–H groups in total. The maximum Gasteiger partial charge on any atom is 0.412 e. The highest BCUT2D eigenvalue weighted by Crippen LogP contribution is 2.36. The molecular weight excluding hydrogens is 308 g/mol. The second-order valence-electron chi connectivity index (χ2n) is 5.20. The molecule has 0 radical (unpaired) electrons. The summed E-state index contributed by atoms with van der Waals surface area (Å²) in [5, 5.41) is 10.6. The van der Waals surface area contributed by atoms with Crippen LogP contribution in [-0.2, 0) is 15.5 Å². The topological polar surface area (TPSA) is 75.6 Å². The summed E-state index contributed by atoms with van der Waals surface area (Å²) in [5.41, 5.74) is -2.14. The van der Waals surface area contributed by atoms with Gasteiger partial charge in [-0.3, -0.25) is 5.32 Å². The van der Waals surface area contributed by atoms with Crippen LogP contribution >= 0.6 is 11.6 Å². The van der Waals surface area contributed by atoms with Crippen LogP contribution in [0.15, 0.2) is 18.2 Å². The molecule has 0 atom stereocenters. The largest absolute Gasteiger partial charge is 0.477 e. The van der Waals surface area contributed by atoms with Gasteiger partial charge in [0.2, 0.25) is 0 Å². The van der Waals surface area contributed by atoms with Gasteiger partial charge in [0.25, 0.3) is 0 Å². The van der Waals surface area contributed by atoms with E-state index in [4.69, 9.17) is 21.4 Å². The van der Waals surface area contributed by atoms with Crippen molar-refractivity contribution in [3.63, 3.8) is 0 Å². The van der Waals surface area contributed by atoms with Gasteiger partial charge in [-0.25, -0.2) is 9.59 Å². The van der Waals surface area contributed by atoms with Crippen molar-refractivity contribution in [2.45, 2.75) is 32.3 Å². The van der Waals surface area contributed by atoms with Crippen molar-refractivity contribution < 1.29 is 28.2 Å². The van der Waals surface area contributed by atoms with Crippen LogP contribution in [0.2, 0.25) is 5.02 Å². The molecule has 0 saturated heterocycles. The zero-order valence-corrected chi connectivity index (χ0v) is 12.3. The SMILES string of the molecule is CC(C)(C)OC(=O)Nc1ccc(Cl)cc1C(F)(F)C(=O)O. The first-order valence-corrected chi connectivity index (χ1v) is 6.22. The normalized spacial score (nSPS) is 11.9. The molecule has 0 saturated carbocycles. The van der Waals surface area contributed by atoms with E-state index < -0.39 is 29.1 Å². The van der Waals surface area contributed by atoms with E-state index in [2.05, 4.69) is 5.32 Å². The van der Waals surface area contributed by atoms with E-state index in [9.17, 15) is 18.4 Å². The molecule has 1 amide bonds. The number of alkyl halides is 2. The Labute approximate surface area is 124 Å². The fraction of sp³-hybridized carbons (Fsp3) is 0.385. The summed E-state index contributed by atoms with van der Waals surface area (Å²) in [5.74, 6) is -6.55. The van der Waals surface area contributed by atoms with Gasteiger partial charge in [0.15, 0.2) is 0 Å². The van der Waals surface area contributed by atoms with E-state index in [1.165, 1.54) is 6.07 Å². The average Bonchev–Trinajstić information content (AvgIpc) is 2.28. The molecule has 0 heterocycles. The number of hydrogen-bond acceptors (Lipinski definition) is 3. The maximum absolute atomic E-state index is 13.7. The Morgan fingerprint density at radius 2 is 1.86 bits per heavy atom. The Hall–Kier alpha value is -1.89. The van der Waals surface area contributed by atoms with Gasteiger partial charge in [0.1, 0.15) is 5.60 Å². The van der Waals surface area contributed by atoms with Crippen molar-refractivity contribution in [1.29, 1.82) is 0 Å². The molecule has 0 aliphatic carbocycles. The molecule has 0 aliphatic heterocycles. The molecule has 0 aromatic heterocycles. The summed E-state index contributed by atoms with van der Waals surface area (Å²) in [6.07, 6.45) is -0.979. The van der Waals surface area contributed by atoms with Crippen LogP contribution in [0.3, 0.4) is 0 Å². The average molecular weight is 322 g/mol. The molecule has 8 heteroatoms. The molecule has 0 fully saturated rings. The number of rotatable bonds is 3. The van der Waals surface area contributed by atoms with Gasteiger partial charge in [-0.2, -0.15) is 8.78 Å². The predicted molar refractivity (Wildman–Crippen MR) is 72.8 cm³/mol. The Morgan fingerprint density at radius 3 is 2.33 bits per heavy atom. The molecular formula is C13H14ClF2NO4. The lowest BCUT2D eigenvalue weighted by molar-refractivity contribution is -0.166. The smallest absolute Gasteiger partial charge is 0.412 e. The summed E-state index contributed by atoms with van der Waals surface area (Å²) in [6.45, 7) is 4.80. The van der Waals surface area contributed by atoms with E-state index in [0.717, 1.165) is 12.1 Å². The fourth-order valence-corrected chi connectivity index (χ4v) is 1.59. The number of halogens is 3. The number of anilines is 1. The highest BCUT2D eigenvalue weighted by molar-refractivity contribution is 6.30. The van der Waals surface area contributed by atoms with Crippen molar-refractivity contribution in [3.8, 4) is 0 Å². The number of hydrogen-bond donors (Lipinski definition) is 2. The first-order chi connectivity index (χ1) is 9.43. The van der Waals surface area contributed by atoms with Gasteiger partial charge in [-0.1, -0.05) is 11.6 Å². The van der Waals surface area contributed by atoms with Crippen molar-refractivity contribution >= 4 is 29.4 Å². The molecule has 0 bridgehead atoms. The van der Waals surface area contributed by atoms with Gasteiger partial charge >= 0.3 is 18.0 Å². The number of carbonyl (C=O) groups is 2. The van der Waals surface area contributed by atoms with Crippen LogP contribution in [0.5, 0.6) is 0 Å². The summed E-state index contributed by atoms with van der Waals surface area (Å²) < 4.78 is 32.2. The van der Waals surface area contributed by atoms with E-state index in [-0.39, 0.29) is 10.7 Å². The van der Waals surface area contributed by atoms with E-state index in [1.807, 2.05) is 0 Å². The lowest BCUT2D eigenvalue weighted by atomic mass is 10.1. The molecule has 1 aromatic carbocycles. The standard InChI is InChI=1S/C13H14ClF2NO4/c1-12(2,3)21-11(20)17-9-5-4-7(14)6-8(9)13(15,16)10(18)19/h4-6H,1-3H3,(H,17,20)(H,18,19). The molecule has 0 aliphatic rings. The number of carbonyl (C=O) groups excluding carboxylic acids is 1. The van der Waals surface area contributed by atoms with Crippen molar-refractivity contribution in [2.24, 2.45) is 0 Å². The van der Waals surface area contributed by atoms with Gasteiger partial charge in [-0.15, -0.1) is 0 Å². The summed E-state index contributed by atoms with van der Waals surface area (Å²) >= 11 is 5.60. The van der Waals surface area contributed by atoms with Crippen molar-refractivity contribution in [1.82, 2.24) is 0 Å². The first-order valence-electron chi connectivity index (χ1n) is 5.85. The van der Waals surface area contributed by atoms with E-state index >= 15 is 0 Å². The van der Waals surface area contributed by atoms with Gasteiger partial charge < -0.3 is 9.84 Å². The molecule has 0 unspecified atom stereocenters. The number of ether oxygens (including phenoxy) is 1. The third-order valence-electron chi connectivity index (χ3n) is 2.22. The van der Waals surface area contributed by atoms with Crippen LogP contribution in [0, 0.1) is 0 Å².